The van der Waals surface area contributed by atoms with Crippen molar-refractivity contribution in [2.75, 3.05) is 60.5 Å². The third-order valence-corrected chi connectivity index (χ3v) is 12.3. The van der Waals surface area contributed by atoms with Crippen molar-refractivity contribution in [3.63, 3.8) is 0 Å². The van der Waals surface area contributed by atoms with Crippen LogP contribution in [0.3, 0.4) is 0 Å². The molecule has 0 spiro atoms. The number of aliphatic hydroxyl groups is 1. The molecule has 0 bridgehead atoms. The molecule has 4 aliphatic heterocycles. The number of carbonyl (C=O) groups excluding carboxylic acids is 4. The maximum absolute atomic E-state index is 14.3. The molecule has 4 saturated heterocycles. The van der Waals surface area contributed by atoms with Gasteiger partial charge in [-0.2, -0.15) is 0 Å². The van der Waals surface area contributed by atoms with E-state index in [4.69, 9.17) is 23.7 Å². The lowest BCUT2D eigenvalue weighted by Gasteiger charge is -2.48. The van der Waals surface area contributed by atoms with E-state index in [0.29, 0.717) is 45.4 Å². The fourth-order valence-electron chi connectivity index (χ4n) is 8.97. The minimum Gasteiger partial charge on any atom is -0.458 e. The van der Waals surface area contributed by atoms with Crippen molar-refractivity contribution in [1.29, 1.82) is 0 Å². The lowest BCUT2D eigenvalue weighted by atomic mass is 9.78. The Balaban J connectivity index is 1.64. The molecule has 4 aliphatic rings. The van der Waals surface area contributed by atoms with Crippen LogP contribution in [0.15, 0.2) is 0 Å². The molecule has 0 saturated carbocycles. The molecule has 52 heavy (non-hydrogen) atoms. The Morgan fingerprint density at radius 1 is 1.08 bits per heavy atom. The second-order valence-electron chi connectivity index (χ2n) is 16.5. The molecule has 0 aromatic heterocycles. The van der Waals surface area contributed by atoms with Crippen molar-refractivity contribution < 1.29 is 48.0 Å². The van der Waals surface area contributed by atoms with Crippen LogP contribution in [0, 0.1) is 23.7 Å². The molecule has 4 rings (SSSR count). The maximum atomic E-state index is 14.3. The van der Waals surface area contributed by atoms with E-state index in [1.54, 1.807) is 21.0 Å². The van der Waals surface area contributed by atoms with E-state index in [0.717, 1.165) is 13.1 Å². The zero-order chi connectivity index (χ0) is 38.7. The highest BCUT2D eigenvalue weighted by Gasteiger charge is 2.55. The number of likely N-dealkylation sites (N-methyl/N-ethyl adjacent to an activating group) is 1. The molecule has 298 valence electrons. The average molecular weight is 739 g/mol. The van der Waals surface area contributed by atoms with Gasteiger partial charge in [-0.1, -0.05) is 20.8 Å². The largest absolute Gasteiger partial charge is 0.458 e. The summed E-state index contributed by atoms with van der Waals surface area (Å²) in [6, 6.07) is -0.435. The predicted octanol–water partition coefficient (Wildman–Crippen LogP) is 1.85. The van der Waals surface area contributed by atoms with Crippen LogP contribution in [0.4, 0.5) is 0 Å². The number of piperazine rings is 1. The van der Waals surface area contributed by atoms with Gasteiger partial charge in [0.05, 0.1) is 24.2 Å². The van der Waals surface area contributed by atoms with Crippen molar-refractivity contribution in [3.05, 3.63) is 0 Å². The summed E-state index contributed by atoms with van der Waals surface area (Å²) < 4.78 is 31.5. The Bertz CT molecular complexity index is 1260. The molecule has 14 heteroatoms. The van der Waals surface area contributed by atoms with E-state index < -0.39 is 53.6 Å². The number of hydrogen-bond acceptors (Lipinski definition) is 13. The monoisotopic (exact) mass is 738 g/mol. The summed E-state index contributed by atoms with van der Waals surface area (Å²) in [6.45, 7) is 18.5. The van der Waals surface area contributed by atoms with Crippen molar-refractivity contribution >= 4 is 23.6 Å². The number of Topliss-reactive ketones (excluding diaryl/α,β-unsaturated/α-hetero) is 1. The van der Waals surface area contributed by atoms with Gasteiger partial charge < -0.3 is 43.9 Å². The summed E-state index contributed by atoms with van der Waals surface area (Å²) in [5, 5.41) is 15.3. The number of amides is 1. The first-order chi connectivity index (χ1) is 24.3. The van der Waals surface area contributed by atoms with Gasteiger partial charge >= 0.3 is 11.9 Å². The van der Waals surface area contributed by atoms with Crippen LogP contribution in [-0.2, 0) is 42.9 Å². The van der Waals surface area contributed by atoms with E-state index >= 15 is 0 Å². The Labute approximate surface area is 310 Å². The Kier molecular flexibility index (Phi) is 14.3. The minimum atomic E-state index is -1.15. The fourth-order valence-corrected chi connectivity index (χ4v) is 8.97. The summed E-state index contributed by atoms with van der Waals surface area (Å²) in [5.41, 5.74) is -2.10. The molecule has 2 N–H and O–H groups in total. The van der Waals surface area contributed by atoms with Gasteiger partial charge in [-0.3, -0.25) is 24.1 Å². The number of ketones is 1. The molecule has 4 heterocycles. The van der Waals surface area contributed by atoms with Gasteiger partial charge in [0.15, 0.2) is 17.7 Å². The molecule has 4 fully saturated rings. The topological polar surface area (TPSA) is 156 Å². The number of carbonyl (C=O) groups is 4. The third kappa shape index (κ3) is 9.35. The Morgan fingerprint density at radius 3 is 2.31 bits per heavy atom. The lowest BCUT2D eigenvalue weighted by molar-refractivity contribution is -0.299. The predicted molar refractivity (Wildman–Crippen MR) is 193 cm³/mol. The summed E-state index contributed by atoms with van der Waals surface area (Å²) >= 11 is 0. The van der Waals surface area contributed by atoms with Crippen LogP contribution in [0.1, 0.15) is 81.1 Å². The van der Waals surface area contributed by atoms with Crippen molar-refractivity contribution in [2.45, 2.75) is 135 Å². The maximum Gasteiger partial charge on any atom is 0.316 e. The SMILES string of the molecule is CC[C@H]1OC(=O)C(C)C(=O)[C@H](C)[C@@H](OC2OC(CN3CCN(C(C)=O)CC3)CC(N(C)C)C2O)[C@](C)(OC)C[C@@H](C)CN[C@H](C)[C@H]2CC(=O)O[C@@]21C. The second kappa shape index (κ2) is 17.5. The first-order valence-electron chi connectivity index (χ1n) is 19.2. The zero-order valence-electron chi connectivity index (χ0n) is 33.4. The number of fused-ring (bicyclic) bond motifs is 1. The minimum absolute atomic E-state index is 0.0284. The van der Waals surface area contributed by atoms with E-state index in [1.807, 2.05) is 51.6 Å². The molecule has 0 radical (unpaired) electrons. The normalized spacial score (nSPS) is 41.9. The number of methoxy groups -OCH3 is 1. The molecular weight excluding hydrogens is 672 g/mol. The molecule has 0 aliphatic carbocycles. The van der Waals surface area contributed by atoms with Gasteiger partial charge in [0, 0.05) is 70.7 Å². The van der Waals surface area contributed by atoms with E-state index in [1.165, 1.54) is 6.92 Å². The number of nitrogens with zero attached hydrogens (tertiary/aromatic N) is 3. The van der Waals surface area contributed by atoms with Crippen molar-refractivity contribution in [1.82, 2.24) is 20.0 Å². The number of esters is 2. The van der Waals surface area contributed by atoms with Gasteiger partial charge in [0.25, 0.3) is 0 Å². The molecule has 0 aromatic carbocycles. The Hall–Kier alpha value is -2.20. The highest BCUT2D eigenvalue weighted by atomic mass is 16.7. The molecule has 5 unspecified atom stereocenters. The van der Waals surface area contributed by atoms with E-state index in [-0.39, 0.29) is 54.1 Å². The highest BCUT2D eigenvalue weighted by Crippen LogP contribution is 2.42. The van der Waals surface area contributed by atoms with Crippen LogP contribution in [0.5, 0.6) is 0 Å². The smallest absolute Gasteiger partial charge is 0.316 e. The van der Waals surface area contributed by atoms with Gasteiger partial charge in [-0.25, -0.2) is 0 Å². The van der Waals surface area contributed by atoms with Crippen molar-refractivity contribution in [2.24, 2.45) is 23.7 Å². The number of cyclic esters (lactones) is 1. The Morgan fingerprint density at radius 2 is 1.73 bits per heavy atom. The summed E-state index contributed by atoms with van der Waals surface area (Å²) in [5.74, 6) is -3.60. The zero-order valence-corrected chi connectivity index (χ0v) is 33.4. The first-order valence-corrected chi connectivity index (χ1v) is 19.2. The quantitative estimate of drug-likeness (QED) is 0.289. The van der Waals surface area contributed by atoms with Crippen LogP contribution in [-0.4, -0.2) is 158 Å². The number of hydrogen-bond donors (Lipinski definition) is 2. The van der Waals surface area contributed by atoms with Crippen LogP contribution in [0.25, 0.3) is 0 Å². The summed E-state index contributed by atoms with van der Waals surface area (Å²) in [4.78, 5) is 58.7. The fraction of sp³-hybridized carbons (Fsp3) is 0.895. The standard InChI is InChI=1S/C38H66N4O10/c1-12-30-38(8)28(18-31(44)52-38)25(5)39-20-22(2)19-37(7,48-11)34(23(3)32(45)24(4)35(47)50-30)51-36-33(46)29(40(9)10)17-27(49-36)21-41-13-15-42(16-14-41)26(6)43/h22-25,27-30,33-34,36,39,46H,12-21H2,1-11H3/t22-,23+,24?,25-,27?,28-,29?,30-,33?,34-,36?,37-,38+/m1/s1. The first kappa shape index (κ1) is 42.5. The van der Waals surface area contributed by atoms with Gasteiger partial charge in [0.1, 0.15) is 18.1 Å². The highest BCUT2D eigenvalue weighted by molar-refractivity contribution is 6.00. The number of ether oxygens (including phenoxy) is 5. The summed E-state index contributed by atoms with van der Waals surface area (Å²) in [6.07, 6.45) is -2.43. The number of aliphatic hydroxyl groups excluding tert-OH is 1. The molecule has 13 atom stereocenters. The molecule has 1 amide bonds. The van der Waals surface area contributed by atoms with Crippen LogP contribution in [0.2, 0.25) is 0 Å². The van der Waals surface area contributed by atoms with Crippen LogP contribution >= 0.6 is 0 Å². The van der Waals surface area contributed by atoms with Crippen LogP contribution < -0.4 is 5.32 Å². The lowest BCUT2D eigenvalue weighted by Crippen LogP contribution is -2.61. The van der Waals surface area contributed by atoms with E-state index in [9.17, 15) is 24.3 Å². The molecule has 14 nitrogen and oxygen atoms in total. The van der Waals surface area contributed by atoms with Gasteiger partial charge in [0.2, 0.25) is 5.91 Å². The van der Waals surface area contributed by atoms with Crippen molar-refractivity contribution in [3.8, 4) is 0 Å². The van der Waals surface area contributed by atoms with Gasteiger partial charge in [-0.05, 0) is 73.5 Å². The van der Waals surface area contributed by atoms with Gasteiger partial charge in [-0.15, -0.1) is 0 Å². The average Bonchev–Trinajstić information content (AvgIpc) is 3.42. The second-order valence-corrected chi connectivity index (χ2v) is 16.5. The number of nitrogens with one attached hydrogen (secondary N) is 1. The molecular formula is C38H66N4O10. The number of rotatable bonds is 7. The summed E-state index contributed by atoms with van der Waals surface area (Å²) in [7, 11) is 5.41. The third-order valence-electron chi connectivity index (χ3n) is 12.3. The molecule has 0 aromatic rings. The van der Waals surface area contributed by atoms with E-state index in [2.05, 4.69) is 17.1 Å².